The molecule has 9 rings (SSSR count). The van der Waals surface area contributed by atoms with Gasteiger partial charge in [0.25, 0.3) is 5.91 Å². The number of benzene rings is 2. The van der Waals surface area contributed by atoms with Crippen molar-refractivity contribution in [2.45, 2.75) is 44.8 Å². The molecule has 3 saturated carbocycles. The summed E-state index contributed by atoms with van der Waals surface area (Å²) in [5.74, 6) is 4.70. The average molecular weight is 544 g/mol. The Labute approximate surface area is 238 Å². The Bertz CT molecular complexity index is 1830. The summed E-state index contributed by atoms with van der Waals surface area (Å²) < 4.78 is 10.7. The van der Waals surface area contributed by atoms with Crippen LogP contribution >= 0.6 is 0 Å². The Morgan fingerprint density at radius 2 is 1.93 bits per heavy atom. The van der Waals surface area contributed by atoms with E-state index in [4.69, 9.17) is 9.72 Å². The highest BCUT2D eigenvalue weighted by Gasteiger charge is 2.61. The third-order valence-electron chi connectivity index (χ3n) is 10.3. The van der Waals surface area contributed by atoms with Gasteiger partial charge >= 0.3 is 0 Å². The quantitative estimate of drug-likeness (QED) is 0.253. The van der Waals surface area contributed by atoms with Crippen molar-refractivity contribution in [3.05, 3.63) is 78.1 Å². The normalized spacial score (nSPS) is 24.4. The summed E-state index contributed by atoms with van der Waals surface area (Å²) in [6, 6.07) is 19.3. The van der Waals surface area contributed by atoms with Crippen molar-refractivity contribution < 1.29 is 9.53 Å². The SMILES string of the molecule is COc1cc(C(=O)N2CC3CC4CC2[C@H]43)cc2nc(-c3cc4ccccc4n3CC3CC3)n(Cc3cccnc3)c12. The van der Waals surface area contributed by atoms with E-state index in [1.54, 1.807) is 13.3 Å². The minimum Gasteiger partial charge on any atom is -0.494 e. The van der Waals surface area contributed by atoms with Gasteiger partial charge in [-0.05, 0) is 85.3 Å². The Morgan fingerprint density at radius 1 is 1.02 bits per heavy atom. The Kier molecular flexibility index (Phi) is 4.99. The van der Waals surface area contributed by atoms with Gasteiger partial charge in [-0.3, -0.25) is 9.78 Å². The number of methoxy groups -OCH3 is 1. The van der Waals surface area contributed by atoms with Crippen molar-refractivity contribution in [1.82, 2.24) is 24.0 Å². The van der Waals surface area contributed by atoms with Gasteiger partial charge in [0.2, 0.25) is 0 Å². The van der Waals surface area contributed by atoms with E-state index in [1.807, 2.05) is 24.4 Å². The predicted molar refractivity (Wildman–Crippen MR) is 158 cm³/mol. The summed E-state index contributed by atoms with van der Waals surface area (Å²) in [6.07, 6.45) is 8.73. The molecule has 1 saturated heterocycles. The zero-order valence-electron chi connectivity index (χ0n) is 23.2. The molecular formula is C34H33N5O2. The highest BCUT2D eigenvalue weighted by atomic mass is 16.5. The molecule has 0 radical (unpaired) electrons. The molecule has 5 aromatic rings. The van der Waals surface area contributed by atoms with Crippen LogP contribution in [0.3, 0.4) is 0 Å². The summed E-state index contributed by atoms with van der Waals surface area (Å²) in [5, 5.41) is 1.22. The second-order valence-electron chi connectivity index (χ2n) is 12.7. The fourth-order valence-electron chi connectivity index (χ4n) is 8.05. The first-order valence-corrected chi connectivity index (χ1v) is 15.0. The minimum atomic E-state index is 0.120. The molecule has 0 N–H and O–H groups in total. The standard InChI is InChI=1S/C34H33N5O2/c1-41-30-15-24(34(40)38-19-25-11-23-14-28(38)31(23)25)12-26-32(30)39(18-21-5-4-10-35-16-21)33(36-26)29-13-22-6-2-3-7-27(22)37(29)17-20-8-9-20/h2-7,10,12-13,15-16,20,23,25,28,31H,8-9,11,14,17-19H2,1H3/t23?,25?,28?,31-/m1/s1. The summed E-state index contributed by atoms with van der Waals surface area (Å²) in [7, 11) is 1.70. The Balaban J connectivity index is 1.22. The molecule has 3 aliphatic carbocycles. The number of rotatable bonds is 7. The number of aromatic nitrogens is 4. The van der Waals surface area contributed by atoms with Crippen LogP contribution in [0.1, 0.15) is 41.6 Å². The summed E-state index contributed by atoms with van der Waals surface area (Å²) in [6.45, 7) is 2.49. The van der Waals surface area contributed by atoms with Crippen LogP contribution in [0.15, 0.2) is 67.0 Å². The zero-order chi connectivity index (χ0) is 27.2. The lowest BCUT2D eigenvalue weighted by Crippen LogP contribution is -2.53. The highest BCUT2D eigenvalue weighted by Crippen LogP contribution is 2.60. The number of carbonyl (C=O) groups excluding carboxylic acids is 1. The fourth-order valence-corrected chi connectivity index (χ4v) is 8.05. The van der Waals surface area contributed by atoms with Gasteiger partial charge in [-0.1, -0.05) is 24.3 Å². The number of hydrogen-bond acceptors (Lipinski definition) is 4. The van der Waals surface area contributed by atoms with Crippen LogP contribution in [-0.2, 0) is 13.1 Å². The van der Waals surface area contributed by atoms with Crippen LogP contribution in [0.5, 0.6) is 5.75 Å². The van der Waals surface area contributed by atoms with Gasteiger partial charge in [-0.2, -0.15) is 0 Å². The molecule has 4 heterocycles. The van der Waals surface area contributed by atoms with Crippen molar-refractivity contribution in [3.8, 4) is 17.3 Å². The molecule has 1 amide bonds. The van der Waals surface area contributed by atoms with E-state index >= 15 is 0 Å². The smallest absolute Gasteiger partial charge is 0.254 e. The monoisotopic (exact) mass is 543 g/mol. The van der Waals surface area contributed by atoms with Gasteiger partial charge < -0.3 is 18.8 Å². The second kappa shape index (κ2) is 8.68. The van der Waals surface area contributed by atoms with E-state index in [9.17, 15) is 4.79 Å². The number of pyridine rings is 1. The van der Waals surface area contributed by atoms with Crippen LogP contribution in [0.25, 0.3) is 33.5 Å². The van der Waals surface area contributed by atoms with Crippen LogP contribution < -0.4 is 4.74 Å². The van der Waals surface area contributed by atoms with E-state index in [1.165, 1.54) is 36.6 Å². The van der Waals surface area contributed by atoms with E-state index < -0.39 is 0 Å². The number of ether oxygens (including phenoxy) is 1. The molecule has 1 aliphatic heterocycles. The van der Waals surface area contributed by atoms with Crippen LogP contribution in [0.4, 0.5) is 0 Å². The Hall–Kier alpha value is -4.13. The number of nitrogens with zero attached hydrogens (tertiary/aromatic N) is 5. The van der Waals surface area contributed by atoms with Crippen molar-refractivity contribution in [1.29, 1.82) is 0 Å². The van der Waals surface area contributed by atoms with E-state index in [2.05, 4.69) is 55.4 Å². The number of imidazole rings is 1. The van der Waals surface area contributed by atoms with Crippen molar-refractivity contribution >= 4 is 27.8 Å². The van der Waals surface area contributed by atoms with Gasteiger partial charge in [0.1, 0.15) is 11.3 Å². The first-order chi connectivity index (χ1) is 20.2. The first-order valence-electron chi connectivity index (χ1n) is 15.0. The molecule has 206 valence electrons. The molecular weight excluding hydrogens is 510 g/mol. The number of fused-ring (bicyclic) bond motifs is 2. The Morgan fingerprint density at radius 3 is 2.71 bits per heavy atom. The van der Waals surface area contributed by atoms with Crippen LogP contribution in [0.2, 0.25) is 0 Å². The molecule has 3 aromatic heterocycles. The summed E-state index contributed by atoms with van der Waals surface area (Å²) >= 11 is 0. The average Bonchev–Trinajstić information content (AvgIpc) is 3.64. The first kappa shape index (κ1) is 23.6. The molecule has 41 heavy (non-hydrogen) atoms. The third-order valence-corrected chi connectivity index (χ3v) is 10.3. The molecule has 0 bridgehead atoms. The van der Waals surface area contributed by atoms with Gasteiger partial charge in [0.15, 0.2) is 5.82 Å². The molecule has 7 heteroatoms. The predicted octanol–water partition coefficient (Wildman–Crippen LogP) is 6.00. The van der Waals surface area contributed by atoms with Crippen LogP contribution in [-0.4, -0.2) is 49.6 Å². The molecule has 3 unspecified atom stereocenters. The van der Waals surface area contributed by atoms with Crippen molar-refractivity contribution in [2.75, 3.05) is 13.7 Å². The fraction of sp³-hybridized carbons (Fsp3) is 0.382. The zero-order valence-corrected chi connectivity index (χ0v) is 23.2. The number of likely N-dealkylation sites (tertiary alicyclic amines) is 1. The van der Waals surface area contributed by atoms with E-state index in [-0.39, 0.29) is 5.91 Å². The lowest BCUT2D eigenvalue weighted by molar-refractivity contribution is -0.0204. The molecule has 4 fully saturated rings. The van der Waals surface area contributed by atoms with E-state index in [0.29, 0.717) is 35.7 Å². The topological polar surface area (TPSA) is 65.2 Å². The number of carbonyl (C=O) groups is 1. The molecule has 4 atom stereocenters. The summed E-state index contributed by atoms with van der Waals surface area (Å²) in [5.41, 5.74) is 5.81. The molecule has 7 nitrogen and oxygen atoms in total. The number of hydrogen-bond donors (Lipinski definition) is 0. The second-order valence-corrected chi connectivity index (χ2v) is 12.7. The summed E-state index contributed by atoms with van der Waals surface area (Å²) in [4.78, 5) is 25.7. The largest absolute Gasteiger partial charge is 0.494 e. The van der Waals surface area contributed by atoms with Gasteiger partial charge in [0, 0.05) is 48.0 Å². The lowest BCUT2D eigenvalue weighted by Gasteiger charge is -2.52. The van der Waals surface area contributed by atoms with Gasteiger partial charge in [-0.25, -0.2) is 4.98 Å². The van der Waals surface area contributed by atoms with Crippen molar-refractivity contribution in [2.24, 2.45) is 23.7 Å². The maximum absolute atomic E-state index is 13.9. The molecule has 4 aliphatic rings. The lowest BCUT2D eigenvalue weighted by atomic mass is 9.53. The van der Waals surface area contributed by atoms with Gasteiger partial charge in [-0.15, -0.1) is 0 Å². The van der Waals surface area contributed by atoms with Crippen LogP contribution in [0, 0.1) is 23.7 Å². The van der Waals surface area contributed by atoms with E-state index in [0.717, 1.165) is 53.0 Å². The minimum absolute atomic E-state index is 0.120. The number of para-hydroxylation sites is 1. The van der Waals surface area contributed by atoms with Crippen molar-refractivity contribution in [3.63, 3.8) is 0 Å². The maximum atomic E-state index is 13.9. The molecule has 0 spiro atoms. The maximum Gasteiger partial charge on any atom is 0.254 e. The highest BCUT2D eigenvalue weighted by molar-refractivity contribution is 6.00. The number of amides is 1. The third kappa shape index (κ3) is 3.54. The molecule has 2 aromatic carbocycles. The van der Waals surface area contributed by atoms with Gasteiger partial charge in [0.05, 0.1) is 24.9 Å².